The summed E-state index contributed by atoms with van der Waals surface area (Å²) in [6, 6.07) is 19.6. The fourth-order valence-corrected chi connectivity index (χ4v) is 18.5. The first-order chi connectivity index (χ1) is 34.5. The molecule has 0 aromatic heterocycles. The summed E-state index contributed by atoms with van der Waals surface area (Å²) in [4.78, 5) is 26.7. The second-order valence-electron chi connectivity index (χ2n) is 25.5. The molecule has 9 aliphatic rings. The first-order valence-electron chi connectivity index (χ1n) is 28.0. The number of aromatic hydroxyl groups is 1. The number of hydrogen-bond donors (Lipinski definition) is 6. The Morgan fingerprint density at radius 3 is 1.32 bits per heavy atom. The Balaban J connectivity index is 0.000000125. The maximum atomic E-state index is 11.6. The Kier molecular flexibility index (Phi) is 14.9. The molecule has 9 aliphatic carbocycles. The number of carbonyl (C=O) groups excluding carboxylic acids is 1. The molecule has 18 atom stereocenters. The third-order valence-corrected chi connectivity index (χ3v) is 22.1. The highest BCUT2D eigenvalue weighted by molar-refractivity contribution is 5.66. The first-order valence-corrected chi connectivity index (χ1v) is 28.0. The standard InChI is InChI=1S/C22H31NO3.C20H29NO2.C19H27NO3/c1-13-4-5-16-17-8-9-22(3)20(6-7-21(22)26-14(2)24)19(17)11-15(12-25-23)18(16)10-13;1-12-3-4-14-15-7-8-20(2)18(5-6-19(20)22)17(15)10-13(11-23-21)16(14)9-12;1-19-7-6-14-13-3-2-12(21)9-15(13)11(10-23-20)8-16(14)17(19)4-5-18(19)22/h4-5,10,15,17,19-21H,6-9,11-12,23H2,1-3H3;3-4,9,13,15,17-19,22H,5-8,10-11,21H2,1-2H3;2-3,9,11,14,16-18,21-22H,4-8,10,20H2,1H3/t15-,17+,19+,20-,21?,22-;13-,15+,17+,18-,19?,20-;11-,14+,16+,17-,18?,19-/m000/s1. The van der Waals surface area contributed by atoms with Gasteiger partial charge < -0.3 is 34.6 Å². The number of aryl methyl sites for hydroxylation is 2. The zero-order chi connectivity index (χ0) is 50.9. The van der Waals surface area contributed by atoms with Gasteiger partial charge >= 0.3 is 5.97 Å². The van der Waals surface area contributed by atoms with Crippen LogP contribution in [0.25, 0.3) is 0 Å². The number of benzene rings is 3. The minimum absolute atomic E-state index is 0.0731. The van der Waals surface area contributed by atoms with Crippen molar-refractivity contribution in [3.8, 4) is 5.75 Å². The minimum atomic E-state index is -0.154. The molecular formula is C61H87N3O8. The Morgan fingerprint density at radius 2 is 0.903 bits per heavy atom. The molecule has 0 saturated heterocycles. The van der Waals surface area contributed by atoms with E-state index in [1.165, 1.54) is 70.7 Å². The lowest BCUT2D eigenvalue weighted by Crippen LogP contribution is -2.46. The van der Waals surface area contributed by atoms with E-state index in [1.807, 2.05) is 6.07 Å². The fourth-order valence-electron chi connectivity index (χ4n) is 18.5. The topological polar surface area (TPSA) is 193 Å². The van der Waals surface area contributed by atoms with Crippen LogP contribution in [0.3, 0.4) is 0 Å². The molecule has 0 heterocycles. The summed E-state index contributed by atoms with van der Waals surface area (Å²) >= 11 is 0. The summed E-state index contributed by atoms with van der Waals surface area (Å²) in [7, 11) is 0. The van der Waals surface area contributed by atoms with Gasteiger partial charge in [-0.25, -0.2) is 17.7 Å². The van der Waals surface area contributed by atoms with Gasteiger partial charge in [-0.2, -0.15) is 0 Å². The predicted octanol–water partition coefficient (Wildman–Crippen LogP) is 10.9. The Labute approximate surface area is 429 Å². The summed E-state index contributed by atoms with van der Waals surface area (Å²) in [6.07, 6.45) is 16.4. The van der Waals surface area contributed by atoms with Gasteiger partial charge in [0.05, 0.1) is 32.0 Å². The van der Waals surface area contributed by atoms with Gasteiger partial charge in [-0.3, -0.25) is 4.79 Å². The molecule has 6 saturated carbocycles. The molecule has 72 heavy (non-hydrogen) atoms. The van der Waals surface area contributed by atoms with E-state index in [9.17, 15) is 20.1 Å². The molecule has 11 heteroatoms. The highest BCUT2D eigenvalue weighted by atomic mass is 16.6. The van der Waals surface area contributed by atoms with Crippen LogP contribution in [-0.4, -0.2) is 59.4 Å². The van der Waals surface area contributed by atoms with Gasteiger partial charge in [-0.1, -0.05) is 74.4 Å². The van der Waals surface area contributed by atoms with Gasteiger partial charge in [-0.05, 0) is 220 Å². The Bertz CT molecular complexity index is 2330. The second kappa shape index (κ2) is 20.6. The van der Waals surface area contributed by atoms with Crippen LogP contribution in [0.2, 0.25) is 0 Å². The van der Waals surface area contributed by atoms with Crippen molar-refractivity contribution in [1.29, 1.82) is 0 Å². The number of esters is 1. The van der Waals surface area contributed by atoms with Crippen LogP contribution in [-0.2, 0) is 24.0 Å². The Morgan fingerprint density at radius 1 is 0.528 bits per heavy atom. The SMILES string of the molecule is CC(=O)OC1CC[C@H]2[C@@H]3C[C@@H](CON)c4cc(C)ccc4[C@H]3CC[C@]12C.C[C@]12CC[C@@H]3c4ccc(O)cc4[C@H](CON)C[C@H]3[C@@H]1CCC2O.Cc1ccc2c(c1)[C@H](CON)C[C@@H]1[C@@H]2CC[C@]2(C)C(O)CC[C@@H]12. The third-order valence-electron chi connectivity index (χ3n) is 22.1. The summed E-state index contributed by atoms with van der Waals surface area (Å²) < 4.78 is 5.74. The zero-order valence-corrected chi connectivity index (χ0v) is 44.2. The number of rotatable bonds is 7. The molecule has 394 valence electrons. The zero-order valence-electron chi connectivity index (χ0n) is 44.2. The molecule has 0 bridgehead atoms. The molecule has 0 amide bonds. The van der Waals surface area contributed by atoms with E-state index in [2.05, 4.69) is 77.1 Å². The van der Waals surface area contributed by atoms with Crippen molar-refractivity contribution in [2.75, 3.05) is 19.8 Å². The highest BCUT2D eigenvalue weighted by Gasteiger charge is 2.59. The number of ether oxygens (including phenoxy) is 1. The fraction of sp³-hybridized carbons (Fsp3) is 0.689. The van der Waals surface area contributed by atoms with Gasteiger partial charge in [0.2, 0.25) is 0 Å². The van der Waals surface area contributed by atoms with Gasteiger partial charge in [0.1, 0.15) is 11.9 Å². The van der Waals surface area contributed by atoms with Gasteiger partial charge in [0.25, 0.3) is 0 Å². The minimum Gasteiger partial charge on any atom is -0.508 e. The summed E-state index contributed by atoms with van der Waals surface area (Å²) in [6.45, 7) is 14.5. The second-order valence-corrected chi connectivity index (χ2v) is 25.5. The number of hydrogen-bond acceptors (Lipinski definition) is 11. The van der Waals surface area contributed by atoms with Gasteiger partial charge in [0, 0.05) is 30.1 Å². The third kappa shape index (κ3) is 9.09. The van der Waals surface area contributed by atoms with Crippen LogP contribution in [0.5, 0.6) is 5.75 Å². The van der Waals surface area contributed by atoms with E-state index in [-0.39, 0.29) is 46.4 Å². The van der Waals surface area contributed by atoms with E-state index in [0.29, 0.717) is 90.7 Å². The molecule has 6 fully saturated rings. The number of aliphatic hydroxyl groups is 2. The van der Waals surface area contributed by atoms with E-state index in [0.717, 1.165) is 77.0 Å². The van der Waals surface area contributed by atoms with Crippen molar-refractivity contribution in [3.63, 3.8) is 0 Å². The van der Waals surface area contributed by atoms with Crippen molar-refractivity contribution >= 4 is 5.97 Å². The van der Waals surface area contributed by atoms with Gasteiger partial charge in [0.15, 0.2) is 0 Å². The quantitative estimate of drug-likeness (QED) is 0.0975. The maximum Gasteiger partial charge on any atom is 0.302 e. The molecule has 3 aromatic carbocycles. The average molecular weight is 990 g/mol. The van der Waals surface area contributed by atoms with Crippen LogP contribution in [0.15, 0.2) is 54.6 Å². The van der Waals surface area contributed by atoms with Crippen molar-refractivity contribution in [2.45, 2.75) is 192 Å². The molecule has 0 aliphatic heterocycles. The molecule has 9 N–H and O–H groups in total. The van der Waals surface area contributed by atoms with Crippen LogP contribution < -0.4 is 17.7 Å². The lowest BCUT2D eigenvalue weighted by molar-refractivity contribution is -0.154. The maximum absolute atomic E-state index is 11.6. The molecule has 12 rings (SSSR count). The van der Waals surface area contributed by atoms with Crippen LogP contribution in [0.1, 0.15) is 204 Å². The van der Waals surface area contributed by atoms with Crippen molar-refractivity contribution in [3.05, 3.63) is 99.1 Å². The molecule has 0 spiro atoms. The predicted molar refractivity (Wildman–Crippen MR) is 279 cm³/mol. The van der Waals surface area contributed by atoms with E-state index in [4.69, 9.17) is 36.9 Å². The van der Waals surface area contributed by atoms with Crippen molar-refractivity contribution in [2.24, 2.45) is 69.4 Å². The molecule has 0 radical (unpaired) electrons. The smallest absolute Gasteiger partial charge is 0.302 e. The van der Waals surface area contributed by atoms with Crippen LogP contribution >= 0.6 is 0 Å². The highest BCUT2D eigenvalue weighted by Crippen LogP contribution is 2.65. The van der Waals surface area contributed by atoms with Crippen molar-refractivity contribution in [1.82, 2.24) is 0 Å². The number of fused-ring (bicyclic) bond motifs is 15. The number of carbonyl (C=O) groups is 1. The van der Waals surface area contributed by atoms with Crippen molar-refractivity contribution < 1.29 is 39.4 Å². The molecule has 3 aromatic rings. The van der Waals surface area contributed by atoms with Crippen LogP contribution in [0.4, 0.5) is 0 Å². The average Bonchev–Trinajstić information content (AvgIpc) is 3.97. The van der Waals surface area contributed by atoms with E-state index < -0.39 is 0 Å². The lowest BCUT2D eigenvalue weighted by atomic mass is 9.54. The number of phenolic OH excluding ortho intramolecular Hbond substituents is 1. The Hall–Kier alpha value is -3.39. The number of nitrogens with two attached hydrogens (primary N) is 3. The lowest BCUT2D eigenvalue weighted by Gasteiger charge is -2.51. The summed E-state index contributed by atoms with van der Waals surface area (Å²) in [5.41, 5.74) is 11.4. The summed E-state index contributed by atoms with van der Waals surface area (Å²) in [5.74, 6) is 23.0. The van der Waals surface area contributed by atoms with Gasteiger partial charge in [-0.15, -0.1) is 0 Å². The summed E-state index contributed by atoms with van der Waals surface area (Å²) in [5, 5.41) is 30.9. The normalized spacial score (nSPS) is 40.6. The molecule has 3 unspecified atom stereocenters. The monoisotopic (exact) mass is 990 g/mol. The van der Waals surface area contributed by atoms with E-state index in [1.54, 1.807) is 6.07 Å². The molecule has 11 nitrogen and oxygen atoms in total. The largest absolute Gasteiger partial charge is 0.508 e. The van der Waals surface area contributed by atoms with Crippen LogP contribution in [0, 0.1) is 65.6 Å². The number of aliphatic hydroxyl groups excluding tert-OH is 2. The number of phenols is 1. The van der Waals surface area contributed by atoms with E-state index >= 15 is 0 Å². The first kappa shape index (κ1) is 52.1. The molecular weight excluding hydrogens is 903 g/mol.